The minimum absolute atomic E-state index is 0.502. The molecule has 118 valence electrons. The van der Waals surface area contributed by atoms with Crippen LogP contribution in [-0.2, 0) is 0 Å². The molecule has 1 fully saturated rings. The van der Waals surface area contributed by atoms with Gasteiger partial charge in [0, 0.05) is 43.9 Å². The highest BCUT2D eigenvalue weighted by molar-refractivity contribution is 7.13. The fourth-order valence-corrected chi connectivity index (χ4v) is 4.14. The molecule has 1 aliphatic rings. The van der Waals surface area contributed by atoms with Crippen molar-refractivity contribution in [1.29, 1.82) is 0 Å². The van der Waals surface area contributed by atoms with Gasteiger partial charge in [-0.05, 0) is 36.8 Å². The van der Waals surface area contributed by atoms with E-state index in [4.69, 9.17) is 0 Å². The zero-order chi connectivity index (χ0) is 15.6. The van der Waals surface area contributed by atoms with Crippen molar-refractivity contribution in [2.24, 2.45) is 0 Å². The van der Waals surface area contributed by atoms with E-state index in [9.17, 15) is 0 Å². The molecule has 0 atom stereocenters. The maximum Gasteiger partial charge on any atom is 0.150 e. The van der Waals surface area contributed by atoms with Gasteiger partial charge in [0.2, 0.25) is 0 Å². The standard InChI is InChI=1S/C17H19N5S/c1-13-4-11-23-16(13)17-20-7-10-22(17)14-2-8-21(9-3-14)15-12-18-5-6-19-15/h4-7,10-12,14H,2-3,8-9H2,1H3. The maximum atomic E-state index is 4.61. The first kappa shape index (κ1) is 14.4. The van der Waals surface area contributed by atoms with Gasteiger partial charge in [-0.1, -0.05) is 0 Å². The number of imidazole rings is 1. The molecule has 0 aromatic carbocycles. The molecule has 0 amide bonds. The summed E-state index contributed by atoms with van der Waals surface area (Å²) in [6.07, 6.45) is 11.6. The molecule has 0 N–H and O–H groups in total. The molecule has 1 aliphatic heterocycles. The van der Waals surface area contributed by atoms with Crippen molar-refractivity contribution in [3.63, 3.8) is 0 Å². The SMILES string of the molecule is Cc1ccsc1-c1nccn1C1CCN(c2cnccn2)CC1. The molecular weight excluding hydrogens is 306 g/mol. The maximum absolute atomic E-state index is 4.61. The Kier molecular flexibility index (Phi) is 3.83. The van der Waals surface area contributed by atoms with Crippen molar-refractivity contribution < 1.29 is 0 Å². The number of thiophene rings is 1. The molecule has 4 rings (SSSR count). The topological polar surface area (TPSA) is 46.8 Å². The van der Waals surface area contributed by atoms with Crippen LogP contribution in [0.3, 0.4) is 0 Å². The molecule has 4 heterocycles. The van der Waals surface area contributed by atoms with E-state index in [2.05, 4.69) is 49.0 Å². The summed E-state index contributed by atoms with van der Waals surface area (Å²) in [5.74, 6) is 2.08. The third-order valence-corrected chi connectivity index (χ3v) is 5.48. The minimum Gasteiger partial charge on any atom is -0.355 e. The van der Waals surface area contributed by atoms with E-state index in [0.717, 1.165) is 37.6 Å². The lowest BCUT2D eigenvalue weighted by molar-refractivity contribution is 0.398. The molecule has 0 saturated carbocycles. The molecule has 0 bridgehead atoms. The number of rotatable bonds is 3. The Hall–Kier alpha value is -2.21. The van der Waals surface area contributed by atoms with Crippen LogP contribution in [-0.4, -0.2) is 32.6 Å². The monoisotopic (exact) mass is 325 g/mol. The van der Waals surface area contributed by atoms with E-state index < -0.39 is 0 Å². The predicted molar refractivity (Wildman–Crippen MR) is 92.8 cm³/mol. The fraction of sp³-hybridized carbons (Fsp3) is 0.353. The van der Waals surface area contributed by atoms with Crippen LogP contribution in [0.25, 0.3) is 10.7 Å². The van der Waals surface area contributed by atoms with Crippen molar-refractivity contribution in [2.75, 3.05) is 18.0 Å². The van der Waals surface area contributed by atoms with E-state index >= 15 is 0 Å². The summed E-state index contributed by atoms with van der Waals surface area (Å²) < 4.78 is 2.35. The van der Waals surface area contributed by atoms with Gasteiger partial charge in [-0.3, -0.25) is 4.98 Å². The van der Waals surface area contributed by atoms with Gasteiger partial charge in [0.15, 0.2) is 5.82 Å². The number of aromatic nitrogens is 4. The van der Waals surface area contributed by atoms with Crippen LogP contribution in [0, 0.1) is 6.92 Å². The van der Waals surface area contributed by atoms with Crippen molar-refractivity contribution >= 4 is 17.2 Å². The lowest BCUT2D eigenvalue weighted by Gasteiger charge is -2.33. The summed E-state index contributed by atoms with van der Waals surface area (Å²) >= 11 is 1.77. The number of aryl methyl sites for hydroxylation is 1. The second-order valence-corrected chi connectivity index (χ2v) is 6.79. The number of hydrogen-bond acceptors (Lipinski definition) is 5. The minimum atomic E-state index is 0.502. The average Bonchev–Trinajstić information content (AvgIpc) is 3.24. The second-order valence-electron chi connectivity index (χ2n) is 5.87. The van der Waals surface area contributed by atoms with Crippen LogP contribution in [0.5, 0.6) is 0 Å². The van der Waals surface area contributed by atoms with Gasteiger partial charge in [0.1, 0.15) is 5.82 Å². The summed E-state index contributed by atoms with van der Waals surface area (Å²) in [4.78, 5) is 16.8. The molecule has 3 aromatic heterocycles. The largest absolute Gasteiger partial charge is 0.355 e. The zero-order valence-electron chi connectivity index (χ0n) is 13.1. The quantitative estimate of drug-likeness (QED) is 0.739. The van der Waals surface area contributed by atoms with Crippen LogP contribution in [0.15, 0.2) is 42.4 Å². The summed E-state index contributed by atoms with van der Waals surface area (Å²) in [5, 5.41) is 2.14. The Balaban J connectivity index is 1.52. The first-order chi connectivity index (χ1) is 11.3. The zero-order valence-corrected chi connectivity index (χ0v) is 13.9. The van der Waals surface area contributed by atoms with Crippen molar-refractivity contribution in [3.8, 4) is 10.7 Å². The Morgan fingerprint density at radius 1 is 1.13 bits per heavy atom. The van der Waals surface area contributed by atoms with E-state index in [1.165, 1.54) is 10.4 Å². The molecular formula is C17H19N5S. The number of piperidine rings is 1. The van der Waals surface area contributed by atoms with Gasteiger partial charge in [-0.2, -0.15) is 0 Å². The first-order valence-electron chi connectivity index (χ1n) is 7.91. The fourth-order valence-electron chi connectivity index (χ4n) is 3.21. The number of hydrogen-bond donors (Lipinski definition) is 0. The third-order valence-electron chi connectivity index (χ3n) is 4.47. The van der Waals surface area contributed by atoms with Crippen LogP contribution in [0.4, 0.5) is 5.82 Å². The van der Waals surface area contributed by atoms with Gasteiger partial charge < -0.3 is 9.47 Å². The molecule has 5 nitrogen and oxygen atoms in total. The smallest absolute Gasteiger partial charge is 0.150 e. The Labute approximate surface area is 139 Å². The van der Waals surface area contributed by atoms with Crippen LogP contribution in [0.2, 0.25) is 0 Å². The van der Waals surface area contributed by atoms with Gasteiger partial charge in [0.05, 0.1) is 11.1 Å². The van der Waals surface area contributed by atoms with Gasteiger partial charge in [-0.15, -0.1) is 11.3 Å². The lowest BCUT2D eigenvalue weighted by atomic mass is 10.0. The molecule has 0 spiro atoms. The highest BCUT2D eigenvalue weighted by Gasteiger charge is 2.24. The summed E-state index contributed by atoms with van der Waals surface area (Å²) in [6, 6.07) is 2.66. The average molecular weight is 325 g/mol. The van der Waals surface area contributed by atoms with E-state index in [0.29, 0.717) is 6.04 Å². The summed E-state index contributed by atoms with van der Waals surface area (Å²) in [6.45, 7) is 4.16. The normalized spacial score (nSPS) is 16.0. The Morgan fingerprint density at radius 3 is 2.70 bits per heavy atom. The molecule has 6 heteroatoms. The number of nitrogens with zero attached hydrogens (tertiary/aromatic N) is 5. The first-order valence-corrected chi connectivity index (χ1v) is 8.79. The molecule has 0 unspecified atom stereocenters. The molecule has 3 aromatic rings. The summed E-state index contributed by atoms with van der Waals surface area (Å²) in [5.41, 5.74) is 1.31. The Morgan fingerprint density at radius 2 is 2.00 bits per heavy atom. The van der Waals surface area contributed by atoms with Gasteiger partial charge in [-0.25, -0.2) is 9.97 Å². The van der Waals surface area contributed by atoms with Crippen LogP contribution < -0.4 is 4.90 Å². The molecule has 0 aliphatic carbocycles. The van der Waals surface area contributed by atoms with Gasteiger partial charge >= 0.3 is 0 Å². The predicted octanol–water partition coefficient (Wildman–Crippen LogP) is 3.55. The molecule has 0 radical (unpaired) electrons. The van der Waals surface area contributed by atoms with Crippen molar-refractivity contribution in [1.82, 2.24) is 19.5 Å². The van der Waals surface area contributed by atoms with E-state index in [-0.39, 0.29) is 0 Å². The van der Waals surface area contributed by atoms with Gasteiger partial charge in [0.25, 0.3) is 0 Å². The van der Waals surface area contributed by atoms with Crippen LogP contribution in [0.1, 0.15) is 24.4 Å². The van der Waals surface area contributed by atoms with Crippen molar-refractivity contribution in [2.45, 2.75) is 25.8 Å². The highest BCUT2D eigenvalue weighted by atomic mass is 32.1. The molecule has 1 saturated heterocycles. The van der Waals surface area contributed by atoms with Crippen molar-refractivity contribution in [3.05, 3.63) is 48.0 Å². The number of anilines is 1. The second kappa shape index (κ2) is 6.12. The highest BCUT2D eigenvalue weighted by Crippen LogP contribution is 2.33. The van der Waals surface area contributed by atoms with E-state index in [1.54, 1.807) is 23.7 Å². The third kappa shape index (κ3) is 2.74. The molecule has 23 heavy (non-hydrogen) atoms. The Bertz CT molecular complexity index is 771. The lowest BCUT2D eigenvalue weighted by Crippen LogP contribution is -2.35. The summed E-state index contributed by atoms with van der Waals surface area (Å²) in [7, 11) is 0. The van der Waals surface area contributed by atoms with Crippen LogP contribution >= 0.6 is 11.3 Å². The van der Waals surface area contributed by atoms with E-state index in [1.807, 2.05) is 12.4 Å².